The number of rotatable bonds is 0. The summed E-state index contributed by atoms with van der Waals surface area (Å²) in [6.07, 6.45) is 2.80. The molecule has 0 unspecified atom stereocenters. The smallest absolute Gasteiger partial charge is 0.162 e. The maximum absolute atomic E-state index is 10.0. The molecule has 0 spiro atoms. The lowest BCUT2D eigenvalue weighted by atomic mass is 9.78. The Hall–Kier alpha value is -0.300. The number of nitrogens with two attached hydrogens (primary N) is 1. The van der Waals surface area contributed by atoms with Gasteiger partial charge in [0.05, 0.1) is 0 Å². The van der Waals surface area contributed by atoms with Crippen LogP contribution < -0.4 is 5.73 Å². The zero-order valence-electron chi connectivity index (χ0n) is 10.8. The number of hydrogen-bond acceptors (Lipinski definition) is 4. The molecule has 1 aromatic rings. The van der Waals surface area contributed by atoms with Gasteiger partial charge in [-0.15, -0.1) is 34.0 Å². The van der Waals surface area contributed by atoms with E-state index in [9.17, 15) is 10.2 Å². The van der Waals surface area contributed by atoms with Crippen molar-refractivity contribution in [3.63, 3.8) is 0 Å². The van der Waals surface area contributed by atoms with Crippen molar-refractivity contribution in [3.8, 4) is 11.5 Å². The average Bonchev–Trinajstić information content (AvgIpc) is 2.30. The molecule has 0 aromatic heterocycles. The Bertz CT molecular complexity index is 482. The molecule has 1 heterocycles. The summed E-state index contributed by atoms with van der Waals surface area (Å²) in [6, 6.07) is 1.89. The van der Waals surface area contributed by atoms with Crippen molar-refractivity contribution in [3.05, 3.63) is 22.8 Å². The molecule has 19 heavy (non-hydrogen) atoms. The summed E-state index contributed by atoms with van der Waals surface area (Å²) >= 11 is 0. The fourth-order valence-electron chi connectivity index (χ4n) is 3.24. The predicted octanol–water partition coefficient (Wildman–Crippen LogP) is 2.58. The van der Waals surface area contributed by atoms with Crippen LogP contribution in [-0.2, 0) is 6.42 Å². The molecule has 1 aliphatic carbocycles. The van der Waals surface area contributed by atoms with Gasteiger partial charge >= 0.3 is 0 Å². The van der Waals surface area contributed by atoms with E-state index in [1.54, 1.807) is 6.07 Å². The number of benzene rings is 1. The third-order valence-corrected chi connectivity index (χ3v) is 4.17. The van der Waals surface area contributed by atoms with Gasteiger partial charge in [0.15, 0.2) is 11.5 Å². The van der Waals surface area contributed by atoms with Crippen LogP contribution >= 0.6 is 34.0 Å². The third kappa shape index (κ3) is 2.51. The summed E-state index contributed by atoms with van der Waals surface area (Å²) in [4.78, 5) is 2.31. The largest absolute Gasteiger partial charge is 0.504 e. The van der Waals surface area contributed by atoms with Crippen LogP contribution in [0.3, 0.4) is 0 Å². The summed E-state index contributed by atoms with van der Waals surface area (Å²) in [5.74, 6) is -0.0457. The van der Waals surface area contributed by atoms with Crippen molar-refractivity contribution in [2.75, 3.05) is 13.6 Å². The molecule has 108 valence electrons. The highest BCUT2D eigenvalue weighted by Crippen LogP contribution is 2.48. The van der Waals surface area contributed by atoms with Gasteiger partial charge < -0.3 is 15.9 Å². The quantitative estimate of drug-likeness (QED) is 0.590. The summed E-state index contributed by atoms with van der Waals surface area (Å²) in [5.41, 5.74) is 9.16. The number of phenols is 2. The van der Waals surface area contributed by atoms with E-state index in [1.807, 2.05) is 0 Å². The number of nitrogens with zero attached hydrogens (tertiary/aromatic N) is 1. The summed E-state index contributed by atoms with van der Waals surface area (Å²) in [6.45, 7) is 0.997. The second-order valence-electron chi connectivity index (χ2n) is 5.16. The lowest BCUT2D eigenvalue weighted by molar-refractivity contribution is 0.198. The van der Waals surface area contributed by atoms with E-state index in [0.29, 0.717) is 6.04 Å². The second kappa shape index (κ2) is 5.99. The van der Waals surface area contributed by atoms with Gasteiger partial charge in [0.2, 0.25) is 0 Å². The molecule has 0 bridgehead atoms. The summed E-state index contributed by atoms with van der Waals surface area (Å²) < 4.78 is 0. The number of halogens is 2. The van der Waals surface area contributed by atoms with Crippen LogP contribution in [0.5, 0.6) is 11.5 Å². The van der Waals surface area contributed by atoms with Crippen LogP contribution in [0.1, 0.15) is 41.6 Å². The Morgan fingerprint density at radius 2 is 1.89 bits per heavy atom. The van der Waals surface area contributed by atoms with Crippen molar-refractivity contribution < 1.29 is 10.2 Å². The Labute approximate surface area is 134 Å². The van der Waals surface area contributed by atoms with Crippen molar-refractivity contribution >= 4 is 34.0 Å². The molecule has 1 aromatic carbocycles. The molecule has 3 rings (SSSR count). The lowest BCUT2D eigenvalue weighted by Gasteiger charge is -2.41. The van der Waals surface area contributed by atoms with Gasteiger partial charge in [-0.2, -0.15) is 0 Å². The predicted molar refractivity (Wildman–Crippen MR) is 85.7 cm³/mol. The van der Waals surface area contributed by atoms with Gasteiger partial charge in [-0.25, -0.2) is 0 Å². The number of likely N-dealkylation sites (N-methyl/N-ethyl adjacent to an activating group) is 1. The molecule has 0 amide bonds. The lowest BCUT2D eigenvalue weighted by Crippen LogP contribution is -2.36. The van der Waals surface area contributed by atoms with E-state index in [2.05, 4.69) is 11.9 Å². The molecule has 4 N–H and O–H groups in total. The fourth-order valence-corrected chi connectivity index (χ4v) is 3.24. The first-order valence-corrected chi connectivity index (χ1v) is 6.13. The van der Waals surface area contributed by atoms with Gasteiger partial charge in [-0.1, -0.05) is 0 Å². The molecule has 4 nitrogen and oxygen atoms in total. The Morgan fingerprint density at radius 3 is 2.58 bits per heavy atom. The summed E-state index contributed by atoms with van der Waals surface area (Å²) in [7, 11) is 2.11. The Morgan fingerprint density at radius 1 is 1.21 bits per heavy atom. The first kappa shape index (κ1) is 16.8. The standard InChI is InChI=1S/C13H18N2O2.2BrH/c1-15-5-4-7-6-10(16)13(17)12-8(14)2-3-9(15)11(7)12;;/h6,8-9,16-17H,2-5,14H2,1H3;2*1H/t8-,9+;;/m1../s1. The SMILES string of the molecule is Br.Br.CN1CCc2cc(O)c(O)c3c2[C@@H]1CC[C@H]3N. The van der Waals surface area contributed by atoms with E-state index in [0.717, 1.165) is 42.5 Å². The molecule has 6 heteroatoms. The highest BCUT2D eigenvalue weighted by atomic mass is 79.9. The number of phenolic OH excluding ortho intramolecular Hbond substituents is 2. The van der Waals surface area contributed by atoms with Crippen LogP contribution in [0, 0.1) is 0 Å². The minimum Gasteiger partial charge on any atom is -0.504 e. The van der Waals surface area contributed by atoms with Gasteiger partial charge in [-0.05, 0) is 43.5 Å². The van der Waals surface area contributed by atoms with Crippen LogP contribution in [0.25, 0.3) is 0 Å². The molecule has 1 aliphatic heterocycles. The number of hydrogen-bond donors (Lipinski definition) is 3. The monoisotopic (exact) mass is 394 g/mol. The minimum atomic E-state index is -0.154. The van der Waals surface area contributed by atoms with Gasteiger partial charge in [0.25, 0.3) is 0 Å². The highest BCUT2D eigenvalue weighted by Gasteiger charge is 2.35. The fraction of sp³-hybridized carbons (Fsp3) is 0.538. The molecule has 2 atom stereocenters. The summed E-state index contributed by atoms with van der Waals surface area (Å²) in [5, 5.41) is 19.8. The van der Waals surface area contributed by atoms with E-state index < -0.39 is 0 Å². The molecule has 0 saturated carbocycles. The van der Waals surface area contributed by atoms with Crippen LogP contribution in [0.2, 0.25) is 0 Å². The molecule has 0 fully saturated rings. The van der Waals surface area contributed by atoms with Gasteiger partial charge in [-0.3, -0.25) is 4.90 Å². The first-order valence-electron chi connectivity index (χ1n) is 6.13. The van der Waals surface area contributed by atoms with Crippen molar-refractivity contribution in [1.29, 1.82) is 0 Å². The normalized spacial score (nSPS) is 24.9. The molecular formula is C13H20Br2N2O2. The minimum absolute atomic E-state index is 0. The van der Waals surface area contributed by atoms with Crippen LogP contribution in [0.4, 0.5) is 0 Å². The van der Waals surface area contributed by atoms with Crippen LogP contribution in [0.15, 0.2) is 6.07 Å². The zero-order valence-corrected chi connectivity index (χ0v) is 14.2. The maximum Gasteiger partial charge on any atom is 0.162 e. The van der Waals surface area contributed by atoms with Crippen molar-refractivity contribution in [2.45, 2.75) is 31.3 Å². The average molecular weight is 396 g/mol. The number of aromatic hydroxyl groups is 2. The Balaban J connectivity index is 0.000000902. The third-order valence-electron chi connectivity index (χ3n) is 4.17. The van der Waals surface area contributed by atoms with E-state index in [4.69, 9.17) is 5.73 Å². The van der Waals surface area contributed by atoms with E-state index >= 15 is 0 Å². The Kier molecular flexibility index (Phi) is 5.28. The highest BCUT2D eigenvalue weighted by molar-refractivity contribution is 8.93. The van der Waals surface area contributed by atoms with Gasteiger partial charge in [0.1, 0.15) is 0 Å². The maximum atomic E-state index is 10.0. The van der Waals surface area contributed by atoms with Crippen molar-refractivity contribution in [2.24, 2.45) is 5.73 Å². The van der Waals surface area contributed by atoms with E-state index in [1.165, 1.54) is 0 Å². The zero-order chi connectivity index (χ0) is 12.2. The first-order chi connectivity index (χ1) is 8.09. The van der Waals surface area contributed by atoms with Crippen molar-refractivity contribution in [1.82, 2.24) is 4.90 Å². The topological polar surface area (TPSA) is 69.7 Å². The molecular weight excluding hydrogens is 376 g/mol. The second-order valence-corrected chi connectivity index (χ2v) is 5.16. The molecule has 2 aliphatic rings. The van der Waals surface area contributed by atoms with E-state index in [-0.39, 0.29) is 51.5 Å². The molecule has 0 saturated heterocycles. The molecule has 0 radical (unpaired) electrons. The van der Waals surface area contributed by atoms with Crippen LogP contribution in [-0.4, -0.2) is 28.7 Å². The van der Waals surface area contributed by atoms with Gasteiger partial charge in [0, 0.05) is 24.2 Å².